The molecular formula is C13H14FNO4. The second-order valence-corrected chi connectivity index (χ2v) is 3.83. The lowest BCUT2D eigenvalue weighted by Gasteiger charge is -2.16. The maximum atomic E-state index is 13.5. The van der Waals surface area contributed by atoms with E-state index in [1.807, 2.05) is 0 Å². The van der Waals surface area contributed by atoms with Crippen molar-refractivity contribution in [2.75, 3.05) is 6.61 Å². The van der Waals surface area contributed by atoms with Crippen LogP contribution < -0.4 is 0 Å². The van der Waals surface area contributed by atoms with Crippen molar-refractivity contribution in [1.29, 1.82) is 5.26 Å². The summed E-state index contributed by atoms with van der Waals surface area (Å²) in [6.07, 6.45) is -2.94. The zero-order valence-corrected chi connectivity index (χ0v) is 10.3. The summed E-state index contributed by atoms with van der Waals surface area (Å²) in [4.78, 5) is 11.5. The van der Waals surface area contributed by atoms with E-state index in [2.05, 4.69) is 4.74 Å². The van der Waals surface area contributed by atoms with Crippen molar-refractivity contribution < 1.29 is 24.1 Å². The Morgan fingerprint density at radius 1 is 1.53 bits per heavy atom. The first-order valence-electron chi connectivity index (χ1n) is 5.70. The number of carbonyl (C=O) groups excluding carboxylic acids is 1. The average Bonchev–Trinajstić information content (AvgIpc) is 2.39. The minimum atomic E-state index is -1.37. The number of hydrogen-bond donors (Lipinski definition) is 2. The average molecular weight is 267 g/mol. The molecule has 1 aromatic rings. The first-order chi connectivity index (χ1) is 9.01. The molecule has 0 saturated carbocycles. The Hall–Kier alpha value is -1.97. The zero-order chi connectivity index (χ0) is 14.4. The molecule has 0 aliphatic carbocycles. The van der Waals surface area contributed by atoms with Crippen LogP contribution in [-0.2, 0) is 4.74 Å². The minimum Gasteiger partial charge on any atom is -0.462 e. The highest BCUT2D eigenvalue weighted by molar-refractivity contribution is 5.89. The maximum Gasteiger partial charge on any atom is 0.341 e. The quantitative estimate of drug-likeness (QED) is 0.785. The van der Waals surface area contributed by atoms with Gasteiger partial charge in [-0.3, -0.25) is 0 Å². The van der Waals surface area contributed by atoms with E-state index < -0.39 is 24.0 Å². The van der Waals surface area contributed by atoms with Crippen LogP contribution in [0.4, 0.5) is 4.39 Å². The molecule has 2 N–H and O–H groups in total. The van der Waals surface area contributed by atoms with E-state index in [4.69, 9.17) is 5.26 Å². The normalized spacial score (nSPS) is 13.4. The highest BCUT2D eigenvalue weighted by Crippen LogP contribution is 2.22. The molecule has 0 spiro atoms. The Bertz CT molecular complexity index is 498. The van der Waals surface area contributed by atoms with Crippen molar-refractivity contribution in [3.8, 4) is 6.07 Å². The van der Waals surface area contributed by atoms with Crippen molar-refractivity contribution in [1.82, 2.24) is 0 Å². The number of halogens is 1. The molecule has 0 aliphatic heterocycles. The molecule has 1 rings (SSSR count). The summed E-state index contributed by atoms with van der Waals surface area (Å²) in [7, 11) is 0. The van der Waals surface area contributed by atoms with Gasteiger partial charge in [0.15, 0.2) is 0 Å². The standard InChI is InChI=1S/C13H14FNO4/c1-2-19-13(18)9-7-8(3-4-10(9)14)12(17)11(16)5-6-15/h3-4,7,11-12,16-17H,2,5H2,1H3. The fourth-order valence-corrected chi connectivity index (χ4v) is 1.52. The largest absolute Gasteiger partial charge is 0.462 e. The number of aliphatic hydroxyl groups is 2. The van der Waals surface area contributed by atoms with Crippen LogP contribution in [0.2, 0.25) is 0 Å². The van der Waals surface area contributed by atoms with Crippen LogP contribution in [0.3, 0.4) is 0 Å². The molecule has 0 radical (unpaired) electrons. The monoisotopic (exact) mass is 267 g/mol. The summed E-state index contributed by atoms with van der Waals surface area (Å²) in [6.45, 7) is 1.69. The number of nitrogens with zero attached hydrogens (tertiary/aromatic N) is 1. The molecule has 2 atom stereocenters. The highest BCUT2D eigenvalue weighted by atomic mass is 19.1. The molecular weight excluding hydrogens is 253 g/mol. The third-order valence-corrected chi connectivity index (χ3v) is 2.49. The van der Waals surface area contributed by atoms with Gasteiger partial charge in [0.25, 0.3) is 0 Å². The Kier molecular flexibility index (Phi) is 5.42. The molecule has 0 saturated heterocycles. The smallest absolute Gasteiger partial charge is 0.341 e. The second-order valence-electron chi connectivity index (χ2n) is 3.83. The third kappa shape index (κ3) is 3.74. The predicted octanol–water partition coefficient (Wildman–Crippen LogP) is 1.31. The summed E-state index contributed by atoms with van der Waals surface area (Å²) in [5, 5.41) is 27.7. The number of rotatable bonds is 5. The molecule has 0 bridgehead atoms. The number of hydrogen-bond acceptors (Lipinski definition) is 5. The molecule has 19 heavy (non-hydrogen) atoms. The van der Waals surface area contributed by atoms with E-state index in [9.17, 15) is 19.4 Å². The van der Waals surface area contributed by atoms with Crippen molar-refractivity contribution in [2.24, 2.45) is 0 Å². The number of esters is 1. The van der Waals surface area contributed by atoms with Crippen molar-refractivity contribution in [3.05, 3.63) is 35.1 Å². The minimum absolute atomic E-state index is 0.0993. The summed E-state index contributed by atoms with van der Waals surface area (Å²) in [6, 6.07) is 5.06. The Morgan fingerprint density at radius 2 is 2.21 bits per heavy atom. The molecule has 0 aromatic heterocycles. The third-order valence-electron chi connectivity index (χ3n) is 2.49. The molecule has 0 amide bonds. The van der Waals surface area contributed by atoms with E-state index in [1.165, 1.54) is 6.07 Å². The number of carbonyl (C=O) groups is 1. The van der Waals surface area contributed by atoms with E-state index in [0.29, 0.717) is 0 Å². The van der Waals surface area contributed by atoms with Gasteiger partial charge < -0.3 is 14.9 Å². The lowest BCUT2D eigenvalue weighted by Crippen LogP contribution is -2.18. The van der Waals surface area contributed by atoms with Gasteiger partial charge in [0.05, 0.1) is 30.8 Å². The molecule has 0 heterocycles. The second kappa shape index (κ2) is 6.83. The van der Waals surface area contributed by atoms with E-state index >= 15 is 0 Å². The van der Waals surface area contributed by atoms with Gasteiger partial charge in [-0.2, -0.15) is 5.26 Å². The van der Waals surface area contributed by atoms with E-state index in [-0.39, 0.29) is 24.2 Å². The Labute approximate surface area is 109 Å². The Balaban J connectivity index is 3.02. The molecule has 5 nitrogen and oxygen atoms in total. The molecule has 6 heteroatoms. The van der Waals surface area contributed by atoms with E-state index in [0.717, 1.165) is 12.1 Å². The fourth-order valence-electron chi connectivity index (χ4n) is 1.52. The first kappa shape index (κ1) is 15.1. The van der Waals surface area contributed by atoms with Crippen LogP contribution in [0.15, 0.2) is 18.2 Å². The van der Waals surface area contributed by atoms with Crippen LogP contribution >= 0.6 is 0 Å². The first-order valence-corrected chi connectivity index (χ1v) is 5.70. The van der Waals surface area contributed by atoms with Gasteiger partial charge in [-0.15, -0.1) is 0 Å². The summed E-state index contributed by atoms with van der Waals surface area (Å²) in [5.41, 5.74) is -0.172. The van der Waals surface area contributed by atoms with Crippen LogP contribution in [-0.4, -0.2) is 28.9 Å². The highest BCUT2D eigenvalue weighted by Gasteiger charge is 2.21. The fraction of sp³-hybridized carbons (Fsp3) is 0.385. The molecule has 0 fully saturated rings. The molecule has 0 aliphatic rings. The lowest BCUT2D eigenvalue weighted by atomic mass is 10.00. The van der Waals surface area contributed by atoms with Crippen LogP contribution in [0, 0.1) is 17.1 Å². The van der Waals surface area contributed by atoms with Gasteiger partial charge in [0.1, 0.15) is 11.9 Å². The van der Waals surface area contributed by atoms with Gasteiger partial charge in [0, 0.05) is 0 Å². The lowest BCUT2D eigenvalue weighted by molar-refractivity contribution is 0.0214. The van der Waals surface area contributed by atoms with Gasteiger partial charge in [-0.1, -0.05) is 6.07 Å². The number of aliphatic hydroxyl groups excluding tert-OH is 2. The summed E-state index contributed by atoms with van der Waals surface area (Å²) < 4.78 is 18.1. The van der Waals surface area contributed by atoms with Gasteiger partial charge in [-0.25, -0.2) is 9.18 Å². The van der Waals surface area contributed by atoms with Gasteiger partial charge in [0.2, 0.25) is 0 Å². The van der Waals surface area contributed by atoms with Crippen molar-refractivity contribution in [3.63, 3.8) is 0 Å². The molecule has 1 aromatic carbocycles. The SMILES string of the molecule is CCOC(=O)c1cc(C(O)C(O)CC#N)ccc1F. The van der Waals surface area contributed by atoms with Crippen molar-refractivity contribution >= 4 is 5.97 Å². The molecule has 2 unspecified atom stereocenters. The van der Waals surface area contributed by atoms with Gasteiger partial charge >= 0.3 is 5.97 Å². The number of nitriles is 1. The zero-order valence-electron chi connectivity index (χ0n) is 10.3. The van der Waals surface area contributed by atoms with Crippen LogP contribution in [0.25, 0.3) is 0 Å². The summed E-state index contributed by atoms with van der Waals surface area (Å²) in [5.74, 6) is -1.62. The topological polar surface area (TPSA) is 90.6 Å². The molecule has 102 valence electrons. The van der Waals surface area contributed by atoms with E-state index in [1.54, 1.807) is 13.0 Å². The van der Waals surface area contributed by atoms with Crippen LogP contribution in [0.5, 0.6) is 0 Å². The maximum absolute atomic E-state index is 13.5. The summed E-state index contributed by atoms with van der Waals surface area (Å²) >= 11 is 0. The predicted molar refractivity (Wildman–Crippen MR) is 63.6 cm³/mol. The van der Waals surface area contributed by atoms with Gasteiger partial charge in [-0.05, 0) is 24.6 Å². The number of benzene rings is 1. The van der Waals surface area contributed by atoms with Crippen LogP contribution in [0.1, 0.15) is 35.4 Å². The number of ether oxygens (including phenoxy) is 1. The van der Waals surface area contributed by atoms with Crippen molar-refractivity contribution in [2.45, 2.75) is 25.6 Å². The Morgan fingerprint density at radius 3 is 2.79 bits per heavy atom.